The normalized spacial score (nSPS) is 12.9. The zero-order valence-electron chi connectivity index (χ0n) is 15.2. The van der Waals surface area contributed by atoms with Crippen LogP contribution < -0.4 is 5.76 Å². The molecular formula is C19H20N2O5S. The first-order chi connectivity index (χ1) is 12.7. The Morgan fingerprint density at radius 1 is 1.15 bits per heavy atom. The minimum absolute atomic E-state index is 0.141. The summed E-state index contributed by atoms with van der Waals surface area (Å²) in [6, 6.07) is 13.0. The number of para-hydroxylation sites is 2. The second-order valence-electron chi connectivity index (χ2n) is 6.44. The molecule has 1 atom stereocenters. The number of aromatic nitrogens is 1. The van der Waals surface area contributed by atoms with Crippen LogP contribution >= 0.6 is 0 Å². The molecule has 1 unspecified atom stereocenters. The van der Waals surface area contributed by atoms with E-state index in [1.165, 1.54) is 21.6 Å². The summed E-state index contributed by atoms with van der Waals surface area (Å²) in [5.74, 6) is -0.841. The standard InChI is InChI=1S/C19H20N2O5S/c1-13(14-8-10-15(11-9-14)27(3,24)25)20(2)18(22)12-21-16-6-4-5-7-17(16)26-19(21)23/h4-11,13H,12H2,1-3H3. The lowest BCUT2D eigenvalue weighted by molar-refractivity contribution is -0.132. The van der Waals surface area contributed by atoms with E-state index >= 15 is 0 Å². The van der Waals surface area contributed by atoms with Crippen LogP contribution in [-0.4, -0.2) is 37.1 Å². The van der Waals surface area contributed by atoms with Crippen LogP contribution in [0.25, 0.3) is 11.1 Å². The maximum atomic E-state index is 12.7. The summed E-state index contributed by atoms with van der Waals surface area (Å²) in [6.45, 7) is 1.70. The number of nitrogens with zero attached hydrogens (tertiary/aromatic N) is 2. The van der Waals surface area contributed by atoms with Crippen molar-refractivity contribution in [2.75, 3.05) is 13.3 Å². The second-order valence-corrected chi connectivity index (χ2v) is 8.46. The molecule has 0 N–H and O–H groups in total. The van der Waals surface area contributed by atoms with Gasteiger partial charge in [0.1, 0.15) is 6.54 Å². The highest BCUT2D eigenvalue weighted by Crippen LogP contribution is 2.21. The molecule has 8 heteroatoms. The molecule has 7 nitrogen and oxygen atoms in total. The van der Waals surface area contributed by atoms with E-state index in [0.29, 0.717) is 11.1 Å². The molecule has 2 aromatic carbocycles. The molecule has 1 amide bonds. The van der Waals surface area contributed by atoms with Gasteiger partial charge in [-0.05, 0) is 36.8 Å². The lowest BCUT2D eigenvalue weighted by Gasteiger charge is -2.25. The summed E-state index contributed by atoms with van der Waals surface area (Å²) in [6.07, 6.45) is 1.15. The van der Waals surface area contributed by atoms with Gasteiger partial charge in [0.2, 0.25) is 5.91 Å². The van der Waals surface area contributed by atoms with Gasteiger partial charge in [-0.2, -0.15) is 0 Å². The molecule has 27 heavy (non-hydrogen) atoms. The molecular weight excluding hydrogens is 368 g/mol. The van der Waals surface area contributed by atoms with Gasteiger partial charge in [0, 0.05) is 13.3 Å². The van der Waals surface area contributed by atoms with Crippen molar-refractivity contribution in [2.24, 2.45) is 0 Å². The predicted octanol–water partition coefficient (Wildman–Crippen LogP) is 2.22. The van der Waals surface area contributed by atoms with E-state index < -0.39 is 15.6 Å². The van der Waals surface area contributed by atoms with Crippen molar-refractivity contribution >= 4 is 26.8 Å². The third-order valence-corrected chi connectivity index (χ3v) is 5.76. The average molecular weight is 388 g/mol. The highest BCUT2D eigenvalue weighted by atomic mass is 32.2. The third-order valence-electron chi connectivity index (χ3n) is 4.63. The lowest BCUT2D eigenvalue weighted by atomic mass is 10.1. The maximum absolute atomic E-state index is 12.7. The van der Waals surface area contributed by atoms with Crippen LogP contribution in [0, 0.1) is 0 Å². The van der Waals surface area contributed by atoms with Gasteiger partial charge in [-0.15, -0.1) is 0 Å². The first kappa shape index (κ1) is 18.9. The highest BCUT2D eigenvalue weighted by molar-refractivity contribution is 7.90. The number of hydrogen-bond donors (Lipinski definition) is 0. The van der Waals surface area contributed by atoms with Gasteiger partial charge in [0.05, 0.1) is 16.5 Å². The Labute approximate surface area is 156 Å². The fraction of sp³-hybridized carbons (Fsp3) is 0.263. The van der Waals surface area contributed by atoms with E-state index in [9.17, 15) is 18.0 Å². The predicted molar refractivity (Wildman–Crippen MR) is 101 cm³/mol. The largest absolute Gasteiger partial charge is 0.420 e. The van der Waals surface area contributed by atoms with Gasteiger partial charge in [-0.1, -0.05) is 24.3 Å². The summed E-state index contributed by atoms with van der Waals surface area (Å²) in [4.78, 5) is 26.5. The fourth-order valence-electron chi connectivity index (χ4n) is 2.84. The Hall–Kier alpha value is -2.87. The van der Waals surface area contributed by atoms with Crippen molar-refractivity contribution in [3.05, 3.63) is 64.6 Å². The Balaban J connectivity index is 1.80. The van der Waals surface area contributed by atoms with Gasteiger partial charge in [-0.25, -0.2) is 13.2 Å². The lowest BCUT2D eigenvalue weighted by Crippen LogP contribution is -2.34. The molecule has 3 aromatic rings. The van der Waals surface area contributed by atoms with Crippen LogP contribution in [0.15, 0.2) is 62.6 Å². The van der Waals surface area contributed by atoms with Gasteiger partial charge < -0.3 is 9.32 Å². The van der Waals surface area contributed by atoms with Gasteiger partial charge in [-0.3, -0.25) is 9.36 Å². The van der Waals surface area contributed by atoms with Gasteiger partial charge in [0.15, 0.2) is 15.4 Å². The Bertz CT molecular complexity index is 1140. The number of carbonyl (C=O) groups excluding carboxylic acids is 1. The molecule has 0 spiro atoms. The molecule has 3 rings (SSSR count). The third kappa shape index (κ3) is 3.80. The van der Waals surface area contributed by atoms with E-state index in [1.807, 2.05) is 6.92 Å². The maximum Gasteiger partial charge on any atom is 0.420 e. The molecule has 1 heterocycles. The second kappa shape index (κ2) is 7.03. The number of hydrogen-bond acceptors (Lipinski definition) is 5. The van der Waals surface area contributed by atoms with Crippen LogP contribution in [0.5, 0.6) is 0 Å². The number of fused-ring (bicyclic) bond motifs is 1. The van der Waals surface area contributed by atoms with Crippen LogP contribution in [0.2, 0.25) is 0 Å². The Morgan fingerprint density at radius 3 is 2.41 bits per heavy atom. The first-order valence-corrected chi connectivity index (χ1v) is 10.2. The Morgan fingerprint density at radius 2 is 1.78 bits per heavy atom. The number of amides is 1. The van der Waals surface area contributed by atoms with Crippen molar-refractivity contribution in [1.82, 2.24) is 9.47 Å². The molecule has 0 saturated heterocycles. The van der Waals surface area contributed by atoms with Crippen LogP contribution in [-0.2, 0) is 21.2 Å². The van der Waals surface area contributed by atoms with Crippen LogP contribution in [0.1, 0.15) is 18.5 Å². The summed E-state index contributed by atoms with van der Waals surface area (Å²) < 4.78 is 29.6. The van der Waals surface area contributed by atoms with Crippen LogP contribution in [0.3, 0.4) is 0 Å². The smallest absolute Gasteiger partial charge is 0.408 e. The van der Waals surface area contributed by atoms with E-state index in [-0.39, 0.29) is 23.4 Å². The van der Waals surface area contributed by atoms with Crippen LogP contribution in [0.4, 0.5) is 0 Å². The number of oxazole rings is 1. The summed E-state index contributed by atoms with van der Waals surface area (Å²) >= 11 is 0. The Kier molecular flexibility index (Phi) is 4.93. The molecule has 0 radical (unpaired) electrons. The zero-order valence-corrected chi connectivity index (χ0v) is 16.1. The van der Waals surface area contributed by atoms with Crippen molar-refractivity contribution in [1.29, 1.82) is 0 Å². The minimum atomic E-state index is -3.27. The number of likely N-dealkylation sites (N-methyl/N-ethyl adjacent to an activating group) is 1. The monoisotopic (exact) mass is 388 g/mol. The number of benzene rings is 2. The van der Waals surface area contributed by atoms with Crippen molar-refractivity contribution in [3.8, 4) is 0 Å². The number of sulfone groups is 1. The highest BCUT2D eigenvalue weighted by Gasteiger charge is 2.20. The van der Waals surface area contributed by atoms with Gasteiger partial charge >= 0.3 is 5.76 Å². The zero-order chi connectivity index (χ0) is 19.8. The molecule has 0 saturated carbocycles. The molecule has 0 bridgehead atoms. The SMILES string of the molecule is CC(c1ccc(S(C)(=O)=O)cc1)N(C)C(=O)Cn1c(=O)oc2ccccc21. The summed E-state index contributed by atoms with van der Waals surface area (Å²) in [5.41, 5.74) is 1.79. The molecule has 0 fully saturated rings. The number of carbonyl (C=O) groups is 1. The molecule has 1 aromatic heterocycles. The average Bonchev–Trinajstić information content (AvgIpc) is 2.95. The minimum Gasteiger partial charge on any atom is -0.408 e. The topological polar surface area (TPSA) is 89.6 Å². The van der Waals surface area contributed by atoms with E-state index in [0.717, 1.165) is 11.8 Å². The van der Waals surface area contributed by atoms with Crippen molar-refractivity contribution < 1.29 is 17.6 Å². The van der Waals surface area contributed by atoms with Crippen molar-refractivity contribution in [2.45, 2.75) is 24.4 Å². The van der Waals surface area contributed by atoms with Crippen molar-refractivity contribution in [3.63, 3.8) is 0 Å². The summed E-state index contributed by atoms with van der Waals surface area (Å²) in [5, 5.41) is 0. The van der Waals surface area contributed by atoms with E-state index in [4.69, 9.17) is 4.42 Å². The molecule has 0 aliphatic carbocycles. The molecule has 0 aliphatic rings. The first-order valence-electron chi connectivity index (χ1n) is 8.32. The van der Waals surface area contributed by atoms with E-state index in [2.05, 4.69) is 0 Å². The summed E-state index contributed by atoms with van der Waals surface area (Å²) in [7, 11) is -1.63. The number of rotatable bonds is 5. The quantitative estimate of drug-likeness (QED) is 0.669. The molecule has 142 valence electrons. The van der Waals surface area contributed by atoms with Gasteiger partial charge in [0.25, 0.3) is 0 Å². The fourth-order valence-corrected chi connectivity index (χ4v) is 3.47. The molecule has 0 aliphatic heterocycles. The van der Waals surface area contributed by atoms with E-state index in [1.54, 1.807) is 43.4 Å².